The Labute approximate surface area is 213 Å². The number of nitrogens with zero attached hydrogens (tertiary/aromatic N) is 1. The number of carbonyl (C=O) groups excluding carboxylic acids is 1. The fourth-order valence-corrected chi connectivity index (χ4v) is 4.73. The molecule has 0 heterocycles. The van der Waals surface area contributed by atoms with Gasteiger partial charge in [0, 0.05) is 18.8 Å². The van der Waals surface area contributed by atoms with Gasteiger partial charge in [0.25, 0.3) is 10.2 Å². The molecule has 0 bridgehead atoms. The topological polar surface area (TPSA) is 212 Å². The van der Waals surface area contributed by atoms with Crippen LogP contribution in [0, 0.1) is 11.3 Å². The second kappa shape index (κ2) is 12.8. The van der Waals surface area contributed by atoms with Gasteiger partial charge < -0.3 is 26.0 Å². The van der Waals surface area contributed by atoms with Crippen molar-refractivity contribution in [1.82, 2.24) is 9.03 Å². The molecule has 0 aliphatic rings. The molecule has 7 N–H and O–H groups in total. The van der Waals surface area contributed by atoms with Crippen molar-refractivity contribution in [3.63, 3.8) is 0 Å². The molecule has 0 aromatic heterocycles. The van der Waals surface area contributed by atoms with Crippen molar-refractivity contribution in [1.29, 1.82) is 5.41 Å². The summed E-state index contributed by atoms with van der Waals surface area (Å²) in [6, 6.07) is 10.3. The number of nitrogens with one attached hydrogen (secondary N) is 3. The number of hydrogen-bond acceptors (Lipinski definition) is 7. The highest BCUT2D eigenvalue weighted by molar-refractivity contribution is 7.87. The van der Waals surface area contributed by atoms with E-state index in [4.69, 9.17) is 21.0 Å². The van der Waals surface area contributed by atoms with Gasteiger partial charge in [-0.3, -0.25) is 15.0 Å². The van der Waals surface area contributed by atoms with Gasteiger partial charge in [-0.15, -0.1) is 0 Å². The summed E-state index contributed by atoms with van der Waals surface area (Å²) in [5.41, 5.74) is 6.40. The lowest BCUT2D eigenvalue weighted by Gasteiger charge is -2.28. The molecule has 0 unspecified atom stereocenters. The molecule has 0 aliphatic heterocycles. The number of anilines is 1. The first-order valence-electron chi connectivity index (χ1n) is 11.0. The Morgan fingerprint density at radius 2 is 1.76 bits per heavy atom. The highest BCUT2D eigenvalue weighted by Gasteiger charge is 2.36. The maximum absolute atomic E-state index is 13.0. The van der Waals surface area contributed by atoms with E-state index in [1.54, 1.807) is 38.1 Å². The smallest absolute Gasteiger partial charge is 0.343 e. The van der Waals surface area contributed by atoms with E-state index in [-0.39, 0.29) is 36.3 Å². The molecule has 0 aliphatic carbocycles. The van der Waals surface area contributed by atoms with Crippen molar-refractivity contribution in [2.75, 3.05) is 11.9 Å². The number of esters is 1. The van der Waals surface area contributed by atoms with Crippen molar-refractivity contribution < 1.29 is 37.8 Å². The maximum atomic E-state index is 13.0. The monoisotopic (exact) mass is 535 g/mol. The van der Waals surface area contributed by atoms with Crippen LogP contribution in [-0.2, 0) is 26.3 Å². The van der Waals surface area contributed by atoms with Crippen molar-refractivity contribution in [3.05, 3.63) is 59.7 Å². The van der Waals surface area contributed by atoms with E-state index in [2.05, 4.69) is 10.0 Å². The second-order valence-electron chi connectivity index (χ2n) is 8.39. The fraction of sp³-hybridized carbons (Fsp3) is 0.304. The molecule has 2 aromatic rings. The van der Waals surface area contributed by atoms with Crippen LogP contribution in [0.2, 0.25) is 0 Å². The molecular formula is C23H29N5O8S. The predicted octanol–water partition coefficient (Wildman–Crippen LogP) is 1.43. The van der Waals surface area contributed by atoms with E-state index in [9.17, 15) is 27.9 Å². The van der Waals surface area contributed by atoms with Crippen LogP contribution < -0.4 is 20.5 Å². The number of benzene rings is 2. The van der Waals surface area contributed by atoms with Crippen LogP contribution >= 0.6 is 0 Å². The molecule has 0 radical (unpaired) electrons. The fourth-order valence-electron chi connectivity index (χ4n) is 3.22. The van der Waals surface area contributed by atoms with Crippen LogP contribution in [0.5, 0.6) is 5.75 Å². The van der Waals surface area contributed by atoms with Gasteiger partial charge in [-0.1, -0.05) is 26.0 Å². The van der Waals surface area contributed by atoms with Crippen LogP contribution in [0.4, 0.5) is 5.69 Å². The molecule has 14 heteroatoms. The molecule has 200 valence electrons. The van der Waals surface area contributed by atoms with Crippen LogP contribution in [0.25, 0.3) is 0 Å². The van der Waals surface area contributed by atoms with E-state index < -0.39 is 40.6 Å². The van der Waals surface area contributed by atoms with Gasteiger partial charge in [-0.05, 0) is 47.9 Å². The molecule has 13 nitrogen and oxygen atoms in total. The zero-order valence-corrected chi connectivity index (χ0v) is 21.0. The van der Waals surface area contributed by atoms with Gasteiger partial charge >= 0.3 is 17.9 Å². The van der Waals surface area contributed by atoms with Crippen molar-refractivity contribution in [2.45, 2.75) is 32.9 Å². The number of carboxylic acids is 2. The van der Waals surface area contributed by atoms with Gasteiger partial charge in [-0.25, -0.2) is 4.79 Å². The number of rotatable bonds is 13. The summed E-state index contributed by atoms with van der Waals surface area (Å²) in [6.07, 6.45) is -0.903. The summed E-state index contributed by atoms with van der Waals surface area (Å²) in [6.45, 7) is 2.87. The molecule has 2 rings (SSSR count). The zero-order valence-electron chi connectivity index (χ0n) is 20.2. The first-order valence-corrected chi connectivity index (χ1v) is 12.5. The molecular weight excluding hydrogens is 506 g/mol. The van der Waals surface area contributed by atoms with Crippen LogP contribution in [0.3, 0.4) is 0 Å². The third-order valence-electron chi connectivity index (χ3n) is 4.82. The third kappa shape index (κ3) is 9.18. The standard InChI is InChI=1S/C23H29N5O8S/c1-14(2)13-28(19(21(31)32)11-20(29)30)37(34,35)26-12-15-4-3-5-18(10-15)36-22(33)16-6-8-17(9-7-16)27-23(24)25/h3-10,14,19,26H,11-13H2,1-2H3,(H,29,30)(H,31,32)(H4,24,25,27)/t19-/m0/s1. The van der Waals surface area contributed by atoms with Gasteiger partial charge in [0.15, 0.2) is 5.96 Å². The third-order valence-corrected chi connectivity index (χ3v) is 6.35. The summed E-state index contributed by atoms with van der Waals surface area (Å²) in [5.74, 6) is -4.09. The van der Waals surface area contributed by atoms with Crippen LogP contribution in [0.15, 0.2) is 48.5 Å². The Hall–Kier alpha value is -4.01. The Balaban J connectivity index is 2.13. The Bertz CT molecular complexity index is 1250. The minimum Gasteiger partial charge on any atom is -0.481 e. The molecule has 0 saturated carbocycles. The molecule has 2 aromatic carbocycles. The average molecular weight is 536 g/mol. The molecule has 1 atom stereocenters. The largest absolute Gasteiger partial charge is 0.481 e. The summed E-state index contributed by atoms with van der Waals surface area (Å²) >= 11 is 0. The van der Waals surface area contributed by atoms with Crippen molar-refractivity contribution in [3.8, 4) is 5.75 Å². The maximum Gasteiger partial charge on any atom is 0.343 e. The van der Waals surface area contributed by atoms with E-state index in [1.807, 2.05) is 0 Å². The quantitative estimate of drug-likeness (QED) is 0.0939. The Kier molecular flexibility index (Phi) is 10.1. The van der Waals surface area contributed by atoms with Crippen molar-refractivity contribution in [2.24, 2.45) is 11.7 Å². The minimum absolute atomic E-state index is 0.140. The lowest BCUT2D eigenvalue weighted by molar-refractivity contribution is -0.148. The summed E-state index contributed by atoms with van der Waals surface area (Å²) in [5, 5.41) is 28.3. The summed E-state index contributed by atoms with van der Waals surface area (Å²) < 4.78 is 34.2. The number of hydrogen-bond donors (Lipinski definition) is 6. The predicted molar refractivity (Wildman–Crippen MR) is 134 cm³/mol. The number of carboxylic acid groups (broad SMARTS) is 2. The number of aliphatic carboxylic acids is 2. The van der Waals surface area contributed by atoms with Crippen LogP contribution in [0.1, 0.15) is 36.2 Å². The zero-order chi connectivity index (χ0) is 27.8. The van der Waals surface area contributed by atoms with E-state index in [1.165, 1.54) is 24.3 Å². The van der Waals surface area contributed by atoms with Crippen molar-refractivity contribution >= 4 is 39.8 Å². The highest BCUT2D eigenvalue weighted by atomic mass is 32.2. The van der Waals surface area contributed by atoms with Gasteiger partial charge in [0.1, 0.15) is 11.8 Å². The number of guanidine groups is 1. The normalized spacial score (nSPS) is 12.2. The van der Waals surface area contributed by atoms with E-state index in [0.717, 1.165) is 0 Å². The minimum atomic E-state index is -4.40. The first kappa shape index (κ1) is 29.2. The number of ether oxygens (including phenoxy) is 1. The summed E-state index contributed by atoms with van der Waals surface area (Å²) in [4.78, 5) is 35.2. The molecule has 0 amide bonds. The lowest BCUT2D eigenvalue weighted by Crippen LogP contribution is -2.51. The van der Waals surface area contributed by atoms with Crippen LogP contribution in [-0.4, -0.2) is 59.4 Å². The summed E-state index contributed by atoms with van der Waals surface area (Å²) in [7, 11) is -4.40. The highest BCUT2D eigenvalue weighted by Crippen LogP contribution is 2.18. The van der Waals surface area contributed by atoms with Gasteiger partial charge in [0.2, 0.25) is 0 Å². The Morgan fingerprint density at radius 3 is 2.30 bits per heavy atom. The average Bonchev–Trinajstić information content (AvgIpc) is 2.80. The molecule has 0 saturated heterocycles. The SMILES string of the molecule is CC(C)CN([C@@H](CC(=O)O)C(=O)O)S(=O)(=O)NCc1cccc(OC(=O)c2ccc(NC(=N)N)cc2)c1. The molecule has 0 spiro atoms. The number of carbonyl (C=O) groups is 3. The van der Waals surface area contributed by atoms with E-state index in [0.29, 0.717) is 15.6 Å². The van der Waals surface area contributed by atoms with E-state index >= 15 is 0 Å². The Morgan fingerprint density at radius 1 is 1.11 bits per heavy atom. The van der Waals surface area contributed by atoms with Gasteiger partial charge in [-0.2, -0.15) is 17.4 Å². The molecule has 0 fully saturated rings. The molecule has 37 heavy (non-hydrogen) atoms. The van der Waals surface area contributed by atoms with Gasteiger partial charge in [0.05, 0.1) is 12.0 Å². The first-order chi connectivity index (χ1) is 17.3. The number of nitrogens with two attached hydrogens (primary N) is 1. The lowest BCUT2D eigenvalue weighted by atomic mass is 10.1. The second-order valence-corrected chi connectivity index (χ2v) is 10.1.